The summed E-state index contributed by atoms with van der Waals surface area (Å²) in [6, 6.07) is 3.34. The van der Waals surface area contributed by atoms with Gasteiger partial charge in [0.1, 0.15) is 12.4 Å². The molecule has 0 spiro atoms. The lowest BCUT2D eigenvalue weighted by Gasteiger charge is -2.20. The lowest BCUT2D eigenvalue weighted by molar-refractivity contribution is -0.121. The Morgan fingerprint density at radius 2 is 2.39 bits per heavy atom. The molecule has 0 aliphatic rings. The number of nitrogens with one attached hydrogen (secondary N) is 2. The maximum atomic E-state index is 12.6. The van der Waals surface area contributed by atoms with Crippen molar-refractivity contribution in [3.05, 3.63) is 23.8 Å². The summed E-state index contributed by atoms with van der Waals surface area (Å²) in [6.07, 6.45) is 2.25. The number of tetrazole rings is 1. The largest absolute Gasteiger partial charge is 0.291 e. The zero-order chi connectivity index (χ0) is 16.2. The van der Waals surface area contributed by atoms with Gasteiger partial charge in [0.15, 0.2) is 5.82 Å². The molecular formula is C13H16N8OS. The number of nitrogens with zero attached hydrogens (tertiary/aromatic N) is 6. The van der Waals surface area contributed by atoms with Crippen molar-refractivity contribution in [2.24, 2.45) is 5.92 Å². The molecule has 0 aliphatic heterocycles. The number of amides is 1. The Morgan fingerprint density at radius 1 is 1.52 bits per heavy atom. The maximum absolute atomic E-state index is 12.6. The predicted molar refractivity (Wildman–Crippen MR) is 84.6 cm³/mol. The first kappa shape index (κ1) is 15.3. The van der Waals surface area contributed by atoms with Crippen LogP contribution in [0.5, 0.6) is 0 Å². The molecule has 0 aromatic carbocycles. The molecular weight excluding hydrogens is 316 g/mol. The molecule has 3 aromatic heterocycles. The van der Waals surface area contributed by atoms with E-state index in [1.807, 2.05) is 31.4 Å². The second-order valence-electron chi connectivity index (χ2n) is 5.09. The van der Waals surface area contributed by atoms with E-state index in [2.05, 4.69) is 36.0 Å². The van der Waals surface area contributed by atoms with Gasteiger partial charge in [-0.15, -0.1) is 21.5 Å². The lowest BCUT2D eigenvalue weighted by Crippen LogP contribution is -2.31. The molecule has 0 bridgehead atoms. The van der Waals surface area contributed by atoms with E-state index in [1.54, 1.807) is 11.3 Å². The molecule has 0 fully saturated rings. The Labute approximate surface area is 136 Å². The van der Waals surface area contributed by atoms with Gasteiger partial charge < -0.3 is 0 Å². The molecule has 3 aromatic rings. The van der Waals surface area contributed by atoms with Crippen LogP contribution in [0.1, 0.15) is 26.3 Å². The fraction of sp³-hybridized carbons (Fsp3) is 0.385. The van der Waals surface area contributed by atoms with Crippen molar-refractivity contribution in [2.45, 2.75) is 26.3 Å². The zero-order valence-electron chi connectivity index (χ0n) is 12.7. The Hall–Kier alpha value is -2.62. The van der Waals surface area contributed by atoms with Gasteiger partial charge in [-0.05, 0) is 27.8 Å². The minimum absolute atomic E-state index is 0.0641. The molecule has 10 heteroatoms. The van der Waals surface area contributed by atoms with E-state index < -0.39 is 6.04 Å². The van der Waals surface area contributed by atoms with Crippen molar-refractivity contribution in [3.8, 4) is 10.7 Å². The number of aromatic nitrogens is 7. The van der Waals surface area contributed by atoms with Gasteiger partial charge in [0.25, 0.3) is 5.91 Å². The highest BCUT2D eigenvalue weighted by Crippen LogP contribution is 2.23. The van der Waals surface area contributed by atoms with E-state index in [1.165, 1.54) is 11.0 Å². The van der Waals surface area contributed by atoms with Gasteiger partial charge in [-0.1, -0.05) is 26.3 Å². The van der Waals surface area contributed by atoms with Crippen LogP contribution in [0, 0.1) is 5.92 Å². The Bertz CT molecular complexity index is 751. The van der Waals surface area contributed by atoms with Gasteiger partial charge in [0, 0.05) is 0 Å². The van der Waals surface area contributed by atoms with E-state index in [0.717, 1.165) is 11.3 Å². The van der Waals surface area contributed by atoms with Crippen LogP contribution in [0.2, 0.25) is 0 Å². The number of aromatic amines is 1. The highest BCUT2D eigenvalue weighted by atomic mass is 32.1. The summed E-state index contributed by atoms with van der Waals surface area (Å²) < 4.78 is 1.45. The molecule has 23 heavy (non-hydrogen) atoms. The quantitative estimate of drug-likeness (QED) is 0.710. The topological polar surface area (TPSA) is 114 Å². The molecule has 2 atom stereocenters. The lowest BCUT2D eigenvalue weighted by atomic mass is 9.99. The summed E-state index contributed by atoms with van der Waals surface area (Å²) in [6.45, 7) is 3.98. The van der Waals surface area contributed by atoms with Crippen LogP contribution in [0.15, 0.2) is 23.8 Å². The Morgan fingerprint density at radius 3 is 3.04 bits per heavy atom. The van der Waals surface area contributed by atoms with Crippen LogP contribution >= 0.6 is 11.3 Å². The van der Waals surface area contributed by atoms with E-state index in [9.17, 15) is 4.79 Å². The summed E-state index contributed by atoms with van der Waals surface area (Å²) in [5.74, 6) is 0.676. The second kappa shape index (κ2) is 6.65. The van der Waals surface area contributed by atoms with Crippen LogP contribution < -0.4 is 5.32 Å². The third kappa shape index (κ3) is 3.26. The zero-order valence-corrected chi connectivity index (χ0v) is 13.5. The average molecular weight is 332 g/mol. The van der Waals surface area contributed by atoms with Crippen LogP contribution in [-0.4, -0.2) is 41.3 Å². The number of rotatable bonds is 6. The second-order valence-corrected chi connectivity index (χ2v) is 6.04. The fourth-order valence-corrected chi connectivity index (χ4v) is 2.85. The van der Waals surface area contributed by atoms with Crippen LogP contribution in [-0.2, 0) is 4.79 Å². The number of carbonyl (C=O) groups excluding carboxylic acids is 1. The monoisotopic (exact) mass is 332 g/mol. The number of hydrogen-bond donors (Lipinski definition) is 2. The summed E-state index contributed by atoms with van der Waals surface area (Å²) in [5, 5.41) is 22.6. The molecule has 1 amide bonds. The molecule has 0 aliphatic carbocycles. The highest BCUT2D eigenvalue weighted by Gasteiger charge is 2.28. The van der Waals surface area contributed by atoms with Crippen LogP contribution in [0.3, 0.4) is 0 Å². The number of anilines is 1. The van der Waals surface area contributed by atoms with Gasteiger partial charge in [0.2, 0.25) is 5.95 Å². The summed E-state index contributed by atoms with van der Waals surface area (Å²) in [7, 11) is 0. The smallest absolute Gasteiger partial charge is 0.252 e. The Balaban J connectivity index is 1.77. The Kier molecular flexibility index (Phi) is 4.42. The van der Waals surface area contributed by atoms with Gasteiger partial charge in [-0.3, -0.25) is 15.2 Å². The molecule has 0 radical (unpaired) electrons. The molecule has 2 N–H and O–H groups in total. The minimum Gasteiger partial charge on any atom is -0.291 e. The average Bonchev–Trinajstić information content (AvgIpc) is 3.29. The van der Waals surface area contributed by atoms with Gasteiger partial charge in [-0.25, -0.2) is 4.68 Å². The number of H-pyrrole nitrogens is 1. The van der Waals surface area contributed by atoms with Crippen LogP contribution in [0.25, 0.3) is 10.7 Å². The number of carbonyl (C=O) groups is 1. The first-order chi connectivity index (χ1) is 11.2. The summed E-state index contributed by atoms with van der Waals surface area (Å²) in [4.78, 5) is 17.8. The molecule has 0 saturated carbocycles. The van der Waals surface area contributed by atoms with E-state index in [0.29, 0.717) is 5.82 Å². The first-order valence-electron chi connectivity index (χ1n) is 7.18. The summed E-state index contributed by atoms with van der Waals surface area (Å²) >= 11 is 1.54. The SMILES string of the molecule is CCC(C)C(C(=O)Nc1n[nH]c(-c2cccs2)n1)n1cnnn1. The van der Waals surface area contributed by atoms with Crippen molar-refractivity contribution in [2.75, 3.05) is 5.32 Å². The molecule has 0 saturated heterocycles. The maximum Gasteiger partial charge on any atom is 0.252 e. The van der Waals surface area contributed by atoms with E-state index in [4.69, 9.17) is 0 Å². The van der Waals surface area contributed by atoms with Crippen LogP contribution in [0.4, 0.5) is 5.95 Å². The third-order valence-electron chi connectivity index (χ3n) is 3.58. The number of thiophene rings is 1. The summed E-state index contributed by atoms with van der Waals surface area (Å²) in [5.41, 5.74) is 0. The van der Waals surface area contributed by atoms with E-state index >= 15 is 0 Å². The third-order valence-corrected chi connectivity index (χ3v) is 4.45. The van der Waals surface area contributed by atoms with Crippen molar-refractivity contribution in [1.82, 2.24) is 35.4 Å². The van der Waals surface area contributed by atoms with Crippen molar-refractivity contribution >= 4 is 23.2 Å². The number of hydrogen-bond acceptors (Lipinski definition) is 7. The standard InChI is InChI=1S/C13H16N8OS/c1-3-8(2)10(21-7-14-19-20-21)12(22)16-13-15-11(17-18-13)9-5-4-6-23-9/h4-8,10H,3H2,1-2H3,(H2,15,16,17,18,22). The molecule has 120 valence electrons. The molecule has 9 nitrogen and oxygen atoms in total. The first-order valence-corrected chi connectivity index (χ1v) is 8.06. The molecule has 2 unspecified atom stereocenters. The van der Waals surface area contributed by atoms with Crippen molar-refractivity contribution in [1.29, 1.82) is 0 Å². The highest BCUT2D eigenvalue weighted by molar-refractivity contribution is 7.13. The fourth-order valence-electron chi connectivity index (χ4n) is 2.18. The van der Waals surface area contributed by atoms with E-state index in [-0.39, 0.29) is 17.8 Å². The van der Waals surface area contributed by atoms with Gasteiger partial charge in [-0.2, -0.15) is 4.98 Å². The molecule has 3 rings (SSSR count). The van der Waals surface area contributed by atoms with Gasteiger partial charge >= 0.3 is 0 Å². The predicted octanol–water partition coefficient (Wildman–Crippen LogP) is 1.75. The minimum atomic E-state index is -0.515. The molecule has 3 heterocycles. The normalized spacial score (nSPS) is 13.7. The van der Waals surface area contributed by atoms with Crippen molar-refractivity contribution in [3.63, 3.8) is 0 Å². The van der Waals surface area contributed by atoms with Gasteiger partial charge in [0.05, 0.1) is 4.88 Å². The van der Waals surface area contributed by atoms with Crippen molar-refractivity contribution < 1.29 is 4.79 Å².